The summed E-state index contributed by atoms with van der Waals surface area (Å²) >= 11 is 0. The van der Waals surface area contributed by atoms with Crippen LogP contribution >= 0.6 is 0 Å². The van der Waals surface area contributed by atoms with Crippen LogP contribution in [0.4, 0.5) is 36.4 Å². The number of nitrogens with zero attached hydrogens (tertiary/aromatic N) is 6. The number of morpholine rings is 1. The summed E-state index contributed by atoms with van der Waals surface area (Å²) < 4.78 is 53.2. The monoisotopic (exact) mass is 558 g/mol. The van der Waals surface area contributed by atoms with Gasteiger partial charge in [-0.3, -0.25) is 0 Å². The molecule has 0 saturated carbocycles. The van der Waals surface area contributed by atoms with Crippen LogP contribution in [0.15, 0.2) is 36.7 Å². The normalized spacial score (nSPS) is 17.3. The fourth-order valence-electron chi connectivity index (χ4n) is 4.80. The number of aromatic nitrogens is 4. The van der Waals surface area contributed by atoms with E-state index >= 15 is 0 Å². The molecule has 2 aliphatic rings. The van der Waals surface area contributed by atoms with Crippen molar-refractivity contribution < 1.29 is 22.6 Å². The van der Waals surface area contributed by atoms with Gasteiger partial charge in [-0.2, -0.15) is 18.2 Å². The Kier molecular flexibility index (Phi) is 8.22. The van der Waals surface area contributed by atoms with Crippen molar-refractivity contribution >= 4 is 23.3 Å². The zero-order valence-corrected chi connectivity index (χ0v) is 22.5. The van der Waals surface area contributed by atoms with Gasteiger partial charge in [0.25, 0.3) is 0 Å². The van der Waals surface area contributed by atoms with Gasteiger partial charge in [-0.05, 0) is 38.8 Å². The molecular weight excluding hydrogens is 525 g/mol. The third kappa shape index (κ3) is 6.70. The van der Waals surface area contributed by atoms with Crippen molar-refractivity contribution in [2.75, 3.05) is 55.3 Å². The third-order valence-corrected chi connectivity index (χ3v) is 7.02. The van der Waals surface area contributed by atoms with Gasteiger partial charge in [-0.15, -0.1) is 0 Å². The van der Waals surface area contributed by atoms with Crippen molar-refractivity contribution in [3.05, 3.63) is 42.2 Å². The van der Waals surface area contributed by atoms with Crippen molar-refractivity contribution in [1.29, 1.82) is 0 Å². The maximum atomic E-state index is 13.9. The lowest BCUT2D eigenvalue weighted by atomic mass is 10.1. The molecule has 3 aromatic heterocycles. The van der Waals surface area contributed by atoms with E-state index in [2.05, 4.69) is 44.0 Å². The van der Waals surface area contributed by atoms with E-state index in [-0.39, 0.29) is 29.1 Å². The van der Waals surface area contributed by atoms with Crippen molar-refractivity contribution in [2.24, 2.45) is 0 Å². The van der Waals surface area contributed by atoms with Crippen LogP contribution in [-0.2, 0) is 10.9 Å². The van der Waals surface area contributed by atoms with Gasteiger partial charge in [0.05, 0.1) is 36.4 Å². The second-order valence-electron chi connectivity index (χ2n) is 10.1. The second kappa shape index (κ2) is 11.8. The molecule has 0 amide bonds. The molecule has 2 fully saturated rings. The van der Waals surface area contributed by atoms with E-state index in [4.69, 9.17) is 15.2 Å². The highest BCUT2D eigenvalue weighted by molar-refractivity contribution is 5.71. The van der Waals surface area contributed by atoms with E-state index in [0.717, 1.165) is 38.2 Å². The summed E-state index contributed by atoms with van der Waals surface area (Å²) in [6, 6.07) is 6.36. The molecule has 2 saturated heterocycles. The standard InChI is InChI=1S/C27H33F3N8O2/c1-17(2)37-7-5-19(6-8-37)40-25-4-3-18(15-33-25)34-24-14-22(35-26(36-24)38-9-11-39-12-10-38)20-16-32-23(31)13-21(20)27(28,29)30/h3-4,13-17,19H,5-12H2,1-2H3,(H2,31,32)(H,34,35,36). The van der Waals surface area contributed by atoms with Crippen LogP contribution in [0, 0.1) is 0 Å². The van der Waals surface area contributed by atoms with Gasteiger partial charge in [0.1, 0.15) is 17.7 Å². The summed E-state index contributed by atoms with van der Waals surface area (Å²) in [5, 5.41) is 3.15. The molecule has 3 aromatic rings. The molecule has 10 nitrogen and oxygen atoms in total. The second-order valence-corrected chi connectivity index (χ2v) is 10.1. The molecule has 5 rings (SSSR count). The molecule has 2 aliphatic heterocycles. The number of nitrogens with two attached hydrogens (primary N) is 1. The number of pyridine rings is 2. The topological polar surface area (TPSA) is 115 Å². The van der Waals surface area contributed by atoms with Crippen LogP contribution in [-0.4, -0.2) is 76.4 Å². The highest BCUT2D eigenvalue weighted by Crippen LogP contribution is 2.38. The molecule has 0 aliphatic carbocycles. The van der Waals surface area contributed by atoms with Crippen LogP contribution in [0.3, 0.4) is 0 Å². The van der Waals surface area contributed by atoms with Gasteiger partial charge < -0.3 is 30.3 Å². The van der Waals surface area contributed by atoms with Crippen LogP contribution in [0.2, 0.25) is 0 Å². The summed E-state index contributed by atoms with van der Waals surface area (Å²) in [7, 11) is 0. The molecule has 0 bridgehead atoms. The summed E-state index contributed by atoms with van der Waals surface area (Å²) in [5.74, 6) is 0.895. The number of halogens is 3. The number of hydrogen-bond donors (Lipinski definition) is 2. The average molecular weight is 559 g/mol. The zero-order valence-electron chi connectivity index (χ0n) is 22.5. The molecule has 0 radical (unpaired) electrons. The van der Waals surface area contributed by atoms with Gasteiger partial charge in [0.15, 0.2) is 0 Å². The maximum absolute atomic E-state index is 13.9. The summed E-state index contributed by atoms with van der Waals surface area (Å²) in [5.41, 5.74) is 5.14. The van der Waals surface area contributed by atoms with Crippen molar-refractivity contribution in [1.82, 2.24) is 24.8 Å². The zero-order chi connectivity index (χ0) is 28.3. The molecule has 0 aromatic carbocycles. The van der Waals surface area contributed by atoms with Crippen LogP contribution in [0.1, 0.15) is 32.3 Å². The number of hydrogen-bond acceptors (Lipinski definition) is 10. The van der Waals surface area contributed by atoms with E-state index in [1.54, 1.807) is 18.3 Å². The first-order valence-electron chi connectivity index (χ1n) is 13.3. The fourth-order valence-corrected chi connectivity index (χ4v) is 4.80. The number of rotatable bonds is 7. The Labute approximate surface area is 230 Å². The van der Waals surface area contributed by atoms with E-state index < -0.39 is 11.7 Å². The van der Waals surface area contributed by atoms with Gasteiger partial charge in [-0.1, -0.05) is 0 Å². The Morgan fingerprint density at radius 3 is 2.42 bits per heavy atom. The highest BCUT2D eigenvalue weighted by atomic mass is 19.4. The molecular formula is C27H33F3N8O2. The van der Waals surface area contributed by atoms with Crippen molar-refractivity contribution in [3.63, 3.8) is 0 Å². The number of nitrogens with one attached hydrogen (secondary N) is 1. The molecule has 0 spiro atoms. The number of likely N-dealkylation sites (tertiary alicyclic amines) is 1. The molecule has 13 heteroatoms. The van der Waals surface area contributed by atoms with Gasteiger partial charge in [-0.25, -0.2) is 15.0 Å². The number of anilines is 4. The van der Waals surface area contributed by atoms with E-state index in [9.17, 15) is 13.2 Å². The lowest BCUT2D eigenvalue weighted by Gasteiger charge is -2.34. The summed E-state index contributed by atoms with van der Waals surface area (Å²) in [6.07, 6.45) is 0.0441. The smallest absolute Gasteiger partial charge is 0.417 e. The Morgan fingerprint density at radius 2 is 1.77 bits per heavy atom. The summed E-state index contributed by atoms with van der Waals surface area (Å²) in [4.78, 5) is 21.7. The Hall–Kier alpha value is -3.71. The van der Waals surface area contributed by atoms with E-state index in [1.807, 2.05) is 4.90 Å². The van der Waals surface area contributed by atoms with Crippen molar-refractivity contribution in [3.8, 4) is 17.1 Å². The Balaban J connectivity index is 1.38. The average Bonchev–Trinajstić information content (AvgIpc) is 2.94. The summed E-state index contributed by atoms with van der Waals surface area (Å²) in [6.45, 7) is 8.33. The fraction of sp³-hybridized carbons (Fsp3) is 0.481. The third-order valence-electron chi connectivity index (χ3n) is 7.02. The van der Waals surface area contributed by atoms with Crippen molar-refractivity contribution in [2.45, 2.75) is 45.0 Å². The predicted molar refractivity (Wildman–Crippen MR) is 146 cm³/mol. The first kappa shape index (κ1) is 27.8. The number of ether oxygens (including phenoxy) is 2. The molecule has 0 unspecified atom stereocenters. The molecule has 5 heterocycles. The number of nitrogen functional groups attached to an aromatic ring is 1. The van der Waals surface area contributed by atoms with Gasteiger partial charge in [0.2, 0.25) is 11.8 Å². The van der Waals surface area contributed by atoms with Crippen LogP contribution < -0.4 is 20.7 Å². The largest absolute Gasteiger partial charge is 0.474 e. The minimum absolute atomic E-state index is 0.0690. The minimum atomic E-state index is -4.64. The first-order valence-corrected chi connectivity index (χ1v) is 13.3. The molecule has 0 atom stereocenters. The Morgan fingerprint density at radius 1 is 1.02 bits per heavy atom. The molecule has 214 valence electrons. The SMILES string of the molecule is CC(C)N1CCC(Oc2ccc(Nc3cc(-c4cnc(N)cc4C(F)(F)F)nc(N4CCOCC4)n3)cn2)CC1. The number of piperidine rings is 1. The predicted octanol–water partition coefficient (Wildman–Crippen LogP) is 4.37. The lowest BCUT2D eigenvalue weighted by Crippen LogP contribution is -2.41. The van der Waals surface area contributed by atoms with Crippen LogP contribution in [0.5, 0.6) is 5.88 Å². The minimum Gasteiger partial charge on any atom is -0.474 e. The van der Waals surface area contributed by atoms with E-state index in [1.165, 1.54) is 6.07 Å². The van der Waals surface area contributed by atoms with Crippen LogP contribution in [0.25, 0.3) is 11.3 Å². The quantitative estimate of drug-likeness (QED) is 0.433. The molecule has 40 heavy (non-hydrogen) atoms. The first-order chi connectivity index (χ1) is 19.2. The lowest BCUT2D eigenvalue weighted by molar-refractivity contribution is -0.137. The van der Waals surface area contributed by atoms with Gasteiger partial charge in [0, 0.05) is 56.1 Å². The Bertz CT molecular complexity index is 1290. The number of alkyl halides is 3. The molecule has 3 N–H and O–H groups in total. The van der Waals surface area contributed by atoms with Gasteiger partial charge >= 0.3 is 6.18 Å². The highest BCUT2D eigenvalue weighted by Gasteiger charge is 2.35. The van der Waals surface area contributed by atoms with E-state index in [0.29, 0.717) is 49.7 Å². The maximum Gasteiger partial charge on any atom is 0.417 e.